The number of halogens is 2. The van der Waals surface area contributed by atoms with Crippen molar-refractivity contribution in [2.45, 2.75) is 45.3 Å². The Morgan fingerprint density at radius 2 is 2.00 bits per heavy atom. The molecule has 1 aromatic rings. The van der Waals surface area contributed by atoms with E-state index in [1.54, 1.807) is 0 Å². The molecule has 1 aromatic carbocycles. The van der Waals surface area contributed by atoms with Gasteiger partial charge in [0, 0.05) is 13.6 Å². The average Bonchev–Trinajstić information content (AvgIpc) is 2.49. The van der Waals surface area contributed by atoms with E-state index in [2.05, 4.69) is 38.5 Å². The molecule has 1 fully saturated rings. The summed E-state index contributed by atoms with van der Waals surface area (Å²) in [5.41, 5.74) is 0.141. The van der Waals surface area contributed by atoms with Gasteiger partial charge in [-0.2, -0.15) is 0 Å². The number of hydrogen-bond acceptors (Lipinski definition) is 2. The Labute approximate surface area is 136 Å². The van der Waals surface area contributed by atoms with E-state index in [9.17, 15) is 4.79 Å². The van der Waals surface area contributed by atoms with Crippen molar-refractivity contribution >= 4 is 44.3 Å². The lowest BCUT2D eigenvalue weighted by atomic mass is 9.82. The standard InChI is InChI=1S/C15H18BrIO2/c1-14(2)8-11(15(3,4)19-14)13(18)10-7-9(16)5-6-12(10)17/h5-7,11H,8H2,1-4H3. The maximum Gasteiger partial charge on any atom is 0.170 e. The third-order valence-corrected chi connectivity index (χ3v) is 5.02. The number of Topliss-reactive ketones (excluding diaryl/α,β-unsaturated/α-hetero) is 1. The molecule has 1 aliphatic rings. The molecular weight excluding hydrogens is 419 g/mol. The highest BCUT2D eigenvalue weighted by molar-refractivity contribution is 14.1. The van der Waals surface area contributed by atoms with E-state index in [0.29, 0.717) is 0 Å². The van der Waals surface area contributed by atoms with E-state index in [-0.39, 0.29) is 17.3 Å². The fraction of sp³-hybridized carbons (Fsp3) is 0.533. The number of ketones is 1. The second kappa shape index (κ2) is 5.11. The van der Waals surface area contributed by atoms with Gasteiger partial charge in [-0.25, -0.2) is 0 Å². The van der Waals surface area contributed by atoms with Gasteiger partial charge in [-0.05, 0) is 74.9 Å². The minimum absolute atomic E-state index is 0.0923. The number of rotatable bonds is 2. The highest BCUT2D eigenvalue weighted by Crippen LogP contribution is 2.43. The lowest BCUT2D eigenvalue weighted by Crippen LogP contribution is -2.34. The topological polar surface area (TPSA) is 26.3 Å². The maximum atomic E-state index is 12.8. The molecule has 0 aromatic heterocycles. The van der Waals surface area contributed by atoms with Crippen LogP contribution in [0.15, 0.2) is 22.7 Å². The molecule has 1 saturated heterocycles. The predicted molar refractivity (Wildman–Crippen MR) is 88.5 cm³/mol. The third-order valence-electron chi connectivity index (χ3n) is 3.58. The van der Waals surface area contributed by atoms with Gasteiger partial charge in [0.25, 0.3) is 0 Å². The number of ether oxygens (including phenoxy) is 1. The van der Waals surface area contributed by atoms with Crippen molar-refractivity contribution in [1.29, 1.82) is 0 Å². The quantitative estimate of drug-likeness (QED) is 0.490. The molecule has 0 bridgehead atoms. The van der Waals surface area contributed by atoms with E-state index < -0.39 is 5.60 Å². The molecule has 104 valence electrons. The molecule has 0 N–H and O–H groups in total. The molecule has 1 unspecified atom stereocenters. The molecule has 19 heavy (non-hydrogen) atoms. The van der Waals surface area contributed by atoms with Crippen LogP contribution in [0.1, 0.15) is 44.5 Å². The summed E-state index contributed by atoms with van der Waals surface area (Å²) in [4.78, 5) is 12.8. The Morgan fingerprint density at radius 3 is 2.53 bits per heavy atom. The van der Waals surface area contributed by atoms with Crippen LogP contribution in [0.25, 0.3) is 0 Å². The van der Waals surface area contributed by atoms with Crippen LogP contribution in [0.3, 0.4) is 0 Å². The monoisotopic (exact) mass is 436 g/mol. The summed E-state index contributed by atoms with van der Waals surface area (Å²) in [6, 6.07) is 5.83. The molecule has 2 nitrogen and oxygen atoms in total. The van der Waals surface area contributed by atoms with Crippen LogP contribution >= 0.6 is 38.5 Å². The fourth-order valence-corrected chi connectivity index (χ4v) is 3.81. The Bertz CT molecular complexity index is 523. The van der Waals surface area contributed by atoms with Gasteiger partial charge < -0.3 is 4.74 Å². The second-order valence-electron chi connectivity index (χ2n) is 6.21. The molecule has 0 aliphatic carbocycles. The summed E-state index contributed by atoms with van der Waals surface area (Å²) in [7, 11) is 0. The summed E-state index contributed by atoms with van der Waals surface area (Å²) in [5, 5.41) is 0. The lowest BCUT2D eigenvalue weighted by Gasteiger charge is -2.26. The molecule has 1 aliphatic heterocycles. The van der Waals surface area contributed by atoms with Crippen molar-refractivity contribution < 1.29 is 9.53 Å². The van der Waals surface area contributed by atoms with Crippen molar-refractivity contribution in [3.63, 3.8) is 0 Å². The van der Waals surface area contributed by atoms with Gasteiger partial charge in [0.15, 0.2) is 5.78 Å². The van der Waals surface area contributed by atoms with E-state index in [0.717, 1.165) is 20.0 Å². The van der Waals surface area contributed by atoms with E-state index >= 15 is 0 Å². The first kappa shape index (κ1) is 15.4. The van der Waals surface area contributed by atoms with Crippen molar-refractivity contribution in [3.8, 4) is 0 Å². The van der Waals surface area contributed by atoms with Crippen molar-refractivity contribution in [1.82, 2.24) is 0 Å². The summed E-state index contributed by atoms with van der Waals surface area (Å²) in [6.07, 6.45) is 0.765. The van der Waals surface area contributed by atoms with Crippen LogP contribution in [0, 0.1) is 9.49 Å². The molecule has 4 heteroatoms. The molecule has 0 amide bonds. The molecule has 2 rings (SSSR count). The SMILES string of the molecule is CC1(C)CC(C(=O)c2cc(Br)ccc2I)C(C)(C)O1. The molecule has 1 heterocycles. The number of hydrogen-bond donors (Lipinski definition) is 0. The summed E-state index contributed by atoms with van der Waals surface area (Å²) >= 11 is 5.65. The zero-order valence-electron chi connectivity index (χ0n) is 11.6. The highest BCUT2D eigenvalue weighted by Gasteiger charge is 2.49. The van der Waals surface area contributed by atoms with Crippen LogP contribution in [0.4, 0.5) is 0 Å². The van der Waals surface area contributed by atoms with Crippen molar-refractivity contribution in [2.75, 3.05) is 0 Å². The zero-order valence-corrected chi connectivity index (χ0v) is 15.3. The zero-order chi connectivity index (χ0) is 14.4. The van der Waals surface area contributed by atoms with Crippen LogP contribution in [0.5, 0.6) is 0 Å². The Balaban J connectivity index is 2.37. The van der Waals surface area contributed by atoms with Gasteiger partial charge >= 0.3 is 0 Å². The molecular formula is C15H18BrIO2. The normalized spacial score (nSPS) is 24.4. The van der Waals surface area contributed by atoms with E-state index in [4.69, 9.17) is 4.74 Å². The molecule has 0 saturated carbocycles. The largest absolute Gasteiger partial charge is 0.369 e. The minimum Gasteiger partial charge on any atom is -0.369 e. The van der Waals surface area contributed by atoms with Crippen molar-refractivity contribution in [3.05, 3.63) is 31.8 Å². The molecule has 0 spiro atoms. The average molecular weight is 437 g/mol. The first-order chi connectivity index (χ1) is 8.62. The van der Waals surface area contributed by atoms with Crippen LogP contribution in [-0.4, -0.2) is 17.0 Å². The number of benzene rings is 1. The van der Waals surface area contributed by atoms with E-state index in [1.807, 2.05) is 45.9 Å². The number of carbonyl (C=O) groups is 1. The van der Waals surface area contributed by atoms with Crippen molar-refractivity contribution in [2.24, 2.45) is 5.92 Å². The minimum atomic E-state index is -0.411. The lowest BCUT2D eigenvalue weighted by molar-refractivity contribution is -0.0712. The number of carbonyl (C=O) groups excluding carboxylic acids is 1. The molecule has 1 atom stereocenters. The Hall–Kier alpha value is 0.0600. The van der Waals surface area contributed by atoms with Crippen LogP contribution in [0.2, 0.25) is 0 Å². The third kappa shape index (κ3) is 3.22. The van der Waals surface area contributed by atoms with Gasteiger partial charge in [-0.3, -0.25) is 4.79 Å². The Morgan fingerprint density at radius 1 is 1.37 bits per heavy atom. The van der Waals surface area contributed by atoms with Gasteiger partial charge in [-0.1, -0.05) is 15.9 Å². The van der Waals surface area contributed by atoms with Gasteiger partial charge in [-0.15, -0.1) is 0 Å². The smallest absolute Gasteiger partial charge is 0.170 e. The fourth-order valence-electron chi connectivity index (χ4n) is 2.84. The first-order valence-electron chi connectivity index (χ1n) is 6.32. The second-order valence-corrected chi connectivity index (χ2v) is 8.29. The van der Waals surface area contributed by atoms with Gasteiger partial charge in [0.05, 0.1) is 17.1 Å². The summed E-state index contributed by atoms with van der Waals surface area (Å²) in [6.45, 7) is 8.12. The summed E-state index contributed by atoms with van der Waals surface area (Å²) in [5.74, 6) is 0.0894. The van der Waals surface area contributed by atoms with Crippen LogP contribution < -0.4 is 0 Å². The van der Waals surface area contributed by atoms with E-state index in [1.165, 1.54) is 0 Å². The first-order valence-corrected chi connectivity index (χ1v) is 8.19. The maximum absolute atomic E-state index is 12.8. The Kier molecular flexibility index (Phi) is 4.16. The predicted octanol–water partition coefficient (Wildman–Crippen LogP) is 4.83. The summed E-state index contributed by atoms with van der Waals surface area (Å²) < 4.78 is 7.96. The van der Waals surface area contributed by atoms with Crippen LogP contribution in [-0.2, 0) is 4.74 Å². The highest BCUT2D eigenvalue weighted by atomic mass is 127. The van der Waals surface area contributed by atoms with Gasteiger partial charge in [0.1, 0.15) is 0 Å². The van der Waals surface area contributed by atoms with Gasteiger partial charge in [0.2, 0.25) is 0 Å². The molecule has 0 radical (unpaired) electrons.